The normalized spacial score (nSPS) is 12.1. The smallest absolute Gasteiger partial charge is 0.306 e. The van der Waals surface area contributed by atoms with Crippen molar-refractivity contribution in [1.29, 1.82) is 0 Å². The van der Waals surface area contributed by atoms with E-state index in [2.05, 4.69) is 13.8 Å². The van der Waals surface area contributed by atoms with Crippen molar-refractivity contribution in [3.05, 3.63) is 0 Å². The minimum atomic E-state index is -0.687. The van der Waals surface area contributed by atoms with Crippen LogP contribution in [0.5, 0.6) is 0 Å². The number of rotatable bonds is 28. The van der Waals surface area contributed by atoms with Crippen molar-refractivity contribution in [3.63, 3.8) is 0 Å². The Kier molecular flexibility index (Phi) is 26.7. The molecular weight excluding hydrogens is 436 g/mol. The van der Waals surface area contributed by atoms with E-state index in [-0.39, 0.29) is 12.1 Å². The van der Waals surface area contributed by atoms with Gasteiger partial charge in [0.2, 0.25) is 0 Å². The van der Waals surface area contributed by atoms with E-state index >= 15 is 0 Å². The number of carboxylic acids is 1. The Morgan fingerprint density at radius 3 is 1.26 bits per heavy atom. The van der Waals surface area contributed by atoms with Crippen LogP contribution in [0, 0.1) is 0 Å². The van der Waals surface area contributed by atoms with Crippen molar-refractivity contribution in [1.82, 2.24) is 0 Å². The van der Waals surface area contributed by atoms with Crippen molar-refractivity contribution < 1.29 is 19.4 Å². The van der Waals surface area contributed by atoms with Crippen molar-refractivity contribution in [2.24, 2.45) is 0 Å². The van der Waals surface area contributed by atoms with Crippen LogP contribution in [0.15, 0.2) is 0 Å². The molecule has 0 aliphatic rings. The molecule has 0 saturated heterocycles. The molecule has 0 aromatic rings. The number of esters is 1. The van der Waals surface area contributed by atoms with Crippen molar-refractivity contribution in [3.8, 4) is 0 Å². The van der Waals surface area contributed by atoms with Crippen LogP contribution in [0.2, 0.25) is 0 Å². The first-order valence-electron chi connectivity index (χ1n) is 15.5. The third kappa shape index (κ3) is 27.4. The number of hydrogen-bond donors (Lipinski definition) is 1. The number of carbonyl (C=O) groups excluding carboxylic acids is 1. The summed E-state index contributed by atoms with van der Waals surface area (Å²) in [5, 5.41) is 8.69. The molecule has 0 bridgehead atoms. The zero-order chi connectivity index (χ0) is 25.8. The second kappa shape index (κ2) is 27.5. The Labute approximate surface area is 218 Å². The van der Waals surface area contributed by atoms with E-state index in [1.165, 1.54) is 103 Å². The Morgan fingerprint density at radius 2 is 0.857 bits per heavy atom. The number of carbonyl (C=O) groups is 2. The van der Waals surface area contributed by atoms with Gasteiger partial charge in [0.05, 0.1) is 0 Å². The fourth-order valence-corrected chi connectivity index (χ4v) is 4.77. The average molecular weight is 497 g/mol. The van der Waals surface area contributed by atoms with Crippen LogP contribution in [-0.4, -0.2) is 23.1 Å². The van der Waals surface area contributed by atoms with E-state index in [0.717, 1.165) is 51.4 Å². The fraction of sp³-hybridized carbons (Fsp3) is 0.935. The highest BCUT2D eigenvalue weighted by Gasteiger charge is 2.14. The molecule has 0 heterocycles. The average Bonchev–Trinajstić information content (AvgIpc) is 2.83. The SMILES string of the molecule is CCCCCCCCCCCCC(=O)OC(CCCCCCC)CCCCCCCCCC(=O)O. The van der Waals surface area contributed by atoms with Crippen LogP contribution in [0.4, 0.5) is 0 Å². The molecule has 4 heteroatoms. The predicted molar refractivity (Wildman–Crippen MR) is 149 cm³/mol. The van der Waals surface area contributed by atoms with Gasteiger partial charge in [-0.25, -0.2) is 0 Å². The lowest BCUT2D eigenvalue weighted by Gasteiger charge is -2.18. The highest BCUT2D eigenvalue weighted by molar-refractivity contribution is 5.69. The first-order chi connectivity index (χ1) is 17.1. The van der Waals surface area contributed by atoms with Crippen LogP contribution in [0.1, 0.15) is 181 Å². The van der Waals surface area contributed by atoms with Gasteiger partial charge in [-0.1, -0.05) is 129 Å². The maximum Gasteiger partial charge on any atom is 0.306 e. The van der Waals surface area contributed by atoms with E-state index in [1.807, 2.05) is 0 Å². The molecule has 0 amide bonds. The molecular formula is C31H60O4. The first kappa shape index (κ1) is 33.9. The minimum Gasteiger partial charge on any atom is -0.481 e. The van der Waals surface area contributed by atoms with Crippen molar-refractivity contribution in [2.75, 3.05) is 0 Å². The molecule has 208 valence electrons. The van der Waals surface area contributed by atoms with E-state index < -0.39 is 5.97 Å². The predicted octanol–water partition coefficient (Wildman–Crippen LogP) is 10.2. The zero-order valence-corrected chi connectivity index (χ0v) is 23.6. The quantitative estimate of drug-likeness (QED) is 0.0864. The molecule has 1 unspecified atom stereocenters. The van der Waals surface area contributed by atoms with Gasteiger partial charge >= 0.3 is 11.9 Å². The lowest BCUT2D eigenvalue weighted by molar-refractivity contribution is -0.150. The summed E-state index contributed by atoms with van der Waals surface area (Å²) in [6.07, 6.45) is 29.7. The fourth-order valence-electron chi connectivity index (χ4n) is 4.77. The lowest BCUT2D eigenvalue weighted by Crippen LogP contribution is -2.18. The van der Waals surface area contributed by atoms with Crippen molar-refractivity contribution in [2.45, 2.75) is 187 Å². The Morgan fingerprint density at radius 1 is 0.514 bits per heavy atom. The molecule has 0 aromatic heterocycles. The van der Waals surface area contributed by atoms with E-state index in [1.54, 1.807) is 0 Å². The van der Waals surface area contributed by atoms with Gasteiger partial charge in [-0.05, 0) is 38.5 Å². The molecule has 0 spiro atoms. The highest BCUT2D eigenvalue weighted by atomic mass is 16.5. The number of hydrogen-bond acceptors (Lipinski definition) is 3. The second-order valence-electron chi connectivity index (χ2n) is 10.7. The van der Waals surface area contributed by atoms with Crippen molar-refractivity contribution >= 4 is 11.9 Å². The monoisotopic (exact) mass is 496 g/mol. The number of unbranched alkanes of at least 4 members (excludes halogenated alkanes) is 19. The topological polar surface area (TPSA) is 63.6 Å². The summed E-state index contributed by atoms with van der Waals surface area (Å²) >= 11 is 0. The van der Waals surface area contributed by atoms with Gasteiger partial charge < -0.3 is 9.84 Å². The largest absolute Gasteiger partial charge is 0.481 e. The van der Waals surface area contributed by atoms with E-state index in [9.17, 15) is 9.59 Å². The maximum atomic E-state index is 12.4. The summed E-state index contributed by atoms with van der Waals surface area (Å²) in [6, 6.07) is 0. The Balaban J connectivity index is 3.94. The van der Waals surface area contributed by atoms with E-state index in [4.69, 9.17) is 9.84 Å². The van der Waals surface area contributed by atoms with Gasteiger partial charge in [0.15, 0.2) is 0 Å². The molecule has 35 heavy (non-hydrogen) atoms. The summed E-state index contributed by atoms with van der Waals surface area (Å²) < 4.78 is 5.93. The summed E-state index contributed by atoms with van der Waals surface area (Å²) in [6.45, 7) is 4.50. The van der Waals surface area contributed by atoms with Gasteiger partial charge in [0.25, 0.3) is 0 Å². The van der Waals surface area contributed by atoms with Crippen LogP contribution >= 0.6 is 0 Å². The maximum absolute atomic E-state index is 12.4. The van der Waals surface area contributed by atoms with Crippen LogP contribution in [-0.2, 0) is 14.3 Å². The summed E-state index contributed by atoms with van der Waals surface area (Å²) in [7, 11) is 0. The molecule has 0 aliphatic carbocycles. The Hall–Kier alpha value is -1.06. The third-order valence-electron chi connectivity index (χ3n) is 7.08. The van der Waals surface area contributed by atoms with Gasteiger partial charge in [-0.15, -0.1) is 0 Å². The third-order valence-corrected chi connectivity index (χ3v) is 7.08. The molecule has 0 saturated carbocycles. The van der Waals surface area contributed by atoms with Crippen LogP contribution in [0.25, 0.3) is 0 Å². The van der Waals surface area contributed by atoms with Crippen LogP contribution in [0.3, 0.4) is 0 Å². The lowest BCUT2D eigenvalue weighted by atomic mass is 10.0. The number of carboxylic acid groups (broad SMARTS) is 1. The molecule has 0 aliphatic heterocycles. The number of aliphatic carboxylic acids is 1. The van der Waals surface area contributed by atoms with Gasteiger partial charge in [0.1, 0.15) is 6.10 Å². The molecule has 1 N–H and O–H groups in total. The van der Waals surface area contributed by atoms with Gasteiger partial charge in [0, 0.05) is 12.8 Å². The Bertz CT molecular complexity index is 463. The minimum absolute atomic E-state index is 0.0153. The molecule has 0 radical (unpaired) electrons. The standard InChI is InChI=1S/C31H60O4/c1-3-5-7-9-10-11-12-16-20-24-28-31(34)35-29(25-21-17-8-6-4-2)26-22-18-14-13-15-19-23-27-30(32)33/h29H,3-28H2,1-2H3,(H,32,33). The summed E-state index contributed by atoms with van der Waals surface area (Å²) in [4.78, 5) is 23.0. The molecule has 4 nitrogen and oxygen atoms in total. The van der Waals surface area contributed by atoms with Gasteiger partial charge in [-0.2, -0.15) is 0 Å². The zero-order valence-electron chi connectivity index (χ0n) is 23.6. The molecule has 0 rings (SSSR count). The van der Waals surface area contributed by atoms with E-state index in [0.29, 0.717) is 12.8 Å². The summed E-state index contributed by atoms with van der Waals surface area (Å²) in [5.74, 6) is -0.671. The van der Waals surface area contributed by atoms with Gasteiger partial charge in [-0.3, -0.25) is 9.59 Å². The second-order valence-corrected chi connectivity index (χ2v) is 10.7. The highest BCUT2D eigenvalue weighted by Crippen LogP contribution is 2.18. The molecule has 0 aromatic carbocycles. The van der Waals surface area contributed by atoms with Crippen LogP contribution < -0.4 is 0 Å². The molecule has 1 atom stereocenters. The first-order valence-corrected chi connectivity index (χ1v) is 15.5. The number of ether oxygens (including phenoxy) is 1. The summed E-state index contributed by atoms with van der Waals surface area (Å²) in [5.41, 5.74) is 0. The molecule has 0 fully saturated rings.